The second-order valence-corrected chi connectivity index (χ2v) is 6.64. The zero-order valence-corrected chi connectivity index (χ0v) is 12.8. The number of hydrogen-bond acceptors (Lipinski definition) is 2. The summed E-state index contributed by atoms with van der Waals surface area (Å²) in [6.07, 6.45) is 3.94. The van der Waals surface area contributed by atoms with E-state index in [0.717, 1.165) is 17.3 Å². The van der Waals surface area contributed by atoms with E-state index < -0.39 is 0 Å². The van der Waals surface area contributed by atoms with Crippen molar-refractivity contribution in [3.8, 4) is 0 Å². The third kappa shape index (κ3) is 1.64. The molecule has 2 aliphatic carbocycles. The van der Waals surface area contributed by atoms with Crippen LogP contribution in [0.15, 0.2) is 34.9 Å². The Labute approximate surface area is 126 Å². The summed E-state index contributed by atoms with van der Waals surface area (Å²) in [6.45, 7) is 0. The molecule has 1 aromatic carbocycles. The van der Waals surface area contributed by atoms with Gasteiger partial charge in [-0.05, 0) is 51.7 Å². The number of aryl methyl sites for hydroxylation is 2. The van der Waals surface area contributed by atoms with Crippen molar-refractivity contribution < 1.29 is 4.79 Å². The molecule has 0 radical (unpaired) electrons. The van der Waals surface area contributed by atoms with Gasteiger partial charge in [-0.2, -0.15) is 5.10 Å². The largest absolute Gasteiger partial charge is 0.292 e. The summed E-state index contributed by atoms with van der Waals surface area (Å²) in [5.41, 5.74) is 3.52. The first-order valence-electron chi connectivity index (χ1n) is 6.98. The lowest BCUT2D eigenvalue weighted by Gasteiger charge is -2.13. The van der Waals surface area contributed by atoms with Crippen LogP contribution in [0, 0.1) is 11.8 Å². The Morgan fingerprint density at radius 2 is 2.20 bits per heavy atom. The van der Waals surface area contributed by atoms with E-state index in [1.165, 1.54) is 11.1 Å². The third-order valence-corrected chi connectivity index (χ3v) is 5.34. The number of ketones is 1. The number of Topliss-reactive ketones (excluding diaryl/α,β-unsaturated/α-hetero) is 1. The molecule has 102 valence electrons. The number of rotatable bonds is 2. The van der Waals surface area contributed by atoms with Gasteiger partial charge in [0.15, 0.2) is 5.78 Å². The summed E-state index contributed by atoms with van der Waals surface area (Å²) in [4.78, 5) is 12.8. The van der Waals surface area contributed by atoms with E-state index in [1.807, 2.05) is 7.05 Å². The average Bonchev–Trinajstić information content (AvgIpc) is 3.11. The lowest BCUT2D eigenvalue weighted by atomic mass is 9.92. The minimum Gasteiger partial charge on any atom is -0.292 e. The maximum atomic E-state index is 12.8. The summed E-state index contributed by atoms with van der Waals surface area (Å²) in [5, 5.41) is 4.16. The predicted octanol–water partition coefficient (Wildman–Crippen LogP) is 3.34. The minimum atomic E-state index is 0.144. The molecule has 1 heterocycles. The molecule has 0 N–H and O–H groups in total. The molecule has 3 unspecified atom stereocenters. The van der Waals surface area contributed by atoms with Gasteiger partial charge >= 0.3 is 0 Å². The van der Waals surface area contributed by atoms with Crippen LogP contribution >= 0.6 is 15.9 Å². The van der Waals surface area contributed by atoms with Crippen molar-refractivity contribution in [1.29, 1.82) is 0 Å². The van der Waals surface area contributed by atoms with Crippen molar-refractivity contribution in [2.45, 2.75) is 18.8 Å². The van der Waals surface area contributed by atoms with Crippen LogP contribution in [0.2, 0.25) is 0 Å². The Morgan fingerprint density at radius 1 is 1.40 bits per heavy atom. The molecule has 0 aliphatic heterocycles. The highest BCUT2D eigenvalue weighted by molar-refractivity contribution is 9.10. The molecular formula is C16H15BrN2O. The fourth-order valence-corrected chi connectivity index (χ4v) is 4.31. The van der Waals surface area contributed by atoms with Gasteiger partial charge in [-0.3, -0.25) is 9.48 Å². The molecule has 2 aromatic rings. The first-order valence-corrected chi connectivity index (χ1v) is 7.77. The van der Waals surface area contributed by atoms with Crippen molar-refractivity contribution in [2.24, 2.45) is 18.9 Å². The van der Waals surface area contributed by atoms with Gasteiger partial charge in [-0.25, -0.2) is 0 Å². The van der Waals surface area contributed by atoms with E-state index >= 15 is 0 Å². The topological polar surface area (TPSA) is 34.9 Å². The highest BCUT2D eigenvalue weighted by atomic mass is 79.9. The summed E-state index contributed by atoms with van der Waals surface area (Å²) in [6, 6.07) is 8.57. The SMILES string of the molecule is Cn1ncc(Br)c1C(=O)C1C2CCc3ccccc3C21. The van der Waals surface area contributed by atoms with Gasteiger partial charge in [0.05, 0.1) is 10.7 Å². The van der Waals surface area contributed by atoms with Crippen LogP contribution in [-0.4, -0.2) is 15.6 Å². The monoisotopic (exact) mass is 330 g/mol. The molecule has 1 saturated carbocycles. The van der Waals surface area contributed by atoms with Crippen molar-refractivity contribution in [3.05, 3.63) is 51.8 Å². The Balaban J connectivity index is 1.69. The van der Waals surface area contributed by atoms with Crippen LogP contribution in [0.25, 0.3) is 0 Å². The molecule has 1 fully saturated rings. The van der Waals surface area contributed by atoms with E-state index in [1.54, 1.807) is 10.9 Å². The second kappa shape index (κ2) is 4.29. The van der Waals surface area contributed by atoms with Crippen molar-refractivity contribution >= 4 is 21.7 Å². The summed E-state index contributed by atoms with van der Waals surface area (Å²) < 4.78 is 2.49. The average molecular weight is 331 g/mol. The highest BCUT2D eigenvalue weighted by Crippen LogP contribution is 2.60. The number of carbonyl (C=O) groups excluding carboxylic acids is 1. The molecule has 4 rings (SSSR count). The van der Waals surface area contributed by atoms with Crippen LogP contribution in [0.1, 0.15) is 34.0 Å². The first-order chi connectivity index (χ1) is 9.68. The first kappa shape index (κ1) is 12.3. The molecule has 0 saturated heterocycles. The maximum absolute atomic E-state index is 12.8. The Bertz CT molecular complexity index is 687. The molecule has 1 aromatic heterocycles. The third-order valence-electron chi connectivity index (χ3n) is 4.76. The summed E-state index contributed by atoms with van der Waals surface area (Å²) >= 11 is 3.44. The van der Waals surface area contributed by atoms with Crippen LogP contribution in [0.5, 0.6) is 0 Å². The number of benzene rings is 1. The molecule has 4 heteroatoms. The number of aromatic nitrogens is 2. The molecule has 3 nitrogen and oxygen atoms in total. The standard InChI is InChI=1S/C16H15BrN2O/c1-19-15(12(17)8-18-19)16(20)14-11-7-6-9-4-2-3-5-10(9)13(11)14/h2-5,8,11,13-14H,6-7H2,1H3. The molecule has 2 aliphatic rings. The number of halogens is 1. The lowest BCUT2D eigenvalue weighted by molar-refractivity contribution is 0.0949. The van der Waals surface area contributed by atoms with Gasteiger partial charge in [0, 0.05) is 13.0 Å². The van der Waals surface area contributed by atoms with Crippen LogP contribution in [0.3, 0.4) is 0 Å². The summed E-state index contributed by atoms with van der Waals surface area (Å²) in [7, 11) is 1.83. The smallest absolute Gasteiger partial charge is 0.185 e. The van der Waals surface area contributed by atoms with Gasteiger partial charge in [-0.15, -0.1) is 0 Å². The maximum Gasteiger partial charge on any atom is 0.185 e. The molecule has 0 bridgehead atoms. The number of carbonyl (C=O) groups is 1. The van der Waals surface area contributed by atoms with E-state index in [-0.39, 0.29) is 11.7 Å². The van der Waals surface area contributed by atoms with E-state index in [9.17, 15) is 4.79 Å². The van der Waals surface area contributed by atoms with E-state index in [4.69, 9.17) is 0 Å². The van der Waals surface area contributed by atoms with Gasteiger partial charge in [0.2, 0.25) is 0 Å². The quantitative estimate of drug-likeness (QED) is 0.791. The number of hydrogen-bond donors (Lipinski definition) is 0. The predicted molar refractivity (Wildman–Crippen MR) is 79.7 cm³/mol. The fraction of sp³-hybridized carbons (Fsp3) is 0.375. The van der Waals surface area contributed by atoms with Gasteiger partial charge in [0.25, 0.3) is 0 Å². The van der Waals surface area contributed by atoms with E-state index in [2.05, 4.69) is 45.3 Å². The fourth-order valence-electron chi connectivity index (χ4n) is 3.77. The van der Waals surface area contributed by atoms with Crippen molar-refractivity contribution in [1.82, 2.24) is 9.78 Å². The lowest BCUT2D eigenvalue weighted by Crippen LogP contribution is -2.11. The minimum absolute atomic E-state index is 0.144. The number of nitrogens with zero attached hydrogens (tertiary/aromatic N) is 2. The molecule has 3 atom stereocenters. The Kier molecular flexibility index (Phi) is 2.64. The van der Waals surface area contributed by atoms with Gasteiger partial charge in [-0.1, -0.05) is 24.3 Å². The second-order valence-electron chi connectivity index (χ2n) is 5.78. The van der Waals surface area contributed by atoms with Crippen LogP contribution < -0.4 is 0 Å². The van der Waals surface area contributed by atoms with E-state index in [0.29, 0.717) is 17.5 Å². The zero-order chi connectivity index (χ0) is 13.9. The Hall–Kier alpha value is -1.42. The van der Waals surface area contributed by atoms with Crippen LogP contribution in [-0.2, 0) is 13.5 Å². The summed E-state index contributed by atoms with van der Waals surface area (Å²) in [5.74, 6) is 1.34. The Morgan fingerprint density at radius 3 is 2.95 bits per heavy atom. The van der Waals surface area contributed by atoms with Crippen molar-refractivity contribution in [2.75, 3.05) is 0 Å². The normalized spacial score (nSPS) is 26.8. The van der Waals surface area contributed by atoms with Gasteiger partial charge < -0.3 is 0 Å². The molecular weight excluding hydrogens is 316 g/mol. The zero-order valence-electron chi connectivity index (χ0n) is 11.2. The molecule has 0 amide bonds. The van der Waals surface area contributed by atoms with Crippen molar-refractivity contribution in [3.63, 3.8) is 0 Å². The molecule has 20 heavy (non-hydrogen) atoms. The van der Waals surface area contributed by atoms with Crippen LogP contribution in [0.4, 0.5) is 0 Å². The highest BCUT2D eigenvalue weighted by Gasteiger charge is 2.57. The molecule has 0 spiro atoms. The number of fused-ring (bicyclic) bond motifs is 3. The van der Waals surface area contributed by atoms with Gasteiger partial charge in [0.1, 0.15) is 5.69 Å².